The van der Waals surface area contributed by atoms with Gasteiger partial charge in [0, 0.05) is 5.39 Å². The van der Waals surface area contributed by atoms with E-state index in [4.69, 9.17) is 19.8 Å². The number of ether oxygens (including phenoxy) is 1. The van der Waals surface area contributed by atoms with E-state index in [2.05, 4.69) is 11.1 Å². The lowest BCUT2D eigenvalue weighted by Gasteiger charge is -2.32. The molecule has 0 saturated carbocycles. The summed E-state index contributed by atoms with van der Waals surface area (Å²) in [5.41, 5.74) is 6.65. The summed E-state index contributed by atoms with van der Waals surface area (Å²) >= 11 is 0. The number of benzene rings is 1. The van der Waals surface area contributed by atoms with Gasteiger partial charge in [-0.05, 0) is 45.3 Å². The third-order valence-electron chi connectivity index (χ3n) is 4.86. The van der Waals surface area contributed by atoms with Gasteiger partial charge in [-0.15, -0.1) is 0 Å². The predicted octanol–water partition coefficient (Wildman–Crippen LogP) is 2.00. The van der Waals surface area contributed by atoms with E-state index < -0.39 is 18.3 Å². The van der Waals surface area contributed by atoms with E-state index in [9.17, 15) is 5.26 Å². The first-order chi connectivity index (χ1) is 11.2. The number of pyridine rings is 1. The number of aromatic nitrogens is 1. The average Bonchev–Trinajstić information content (AvgIpc) is 2.73. The smallest absolute Gasteiger partial charge is 0.494 e. The summed E-state index contributed by atoms with van der Waals surface area (Å²) in [5, 5.41) is 10.00. The Hall–Kier alpha value is -2.30. The second-order valence-corrected chi connectivity index (χ2v) is 6.87. The standard InChI is InChI=1S/C17H20BN3O3/c1-16(2)17(3,4)24-18(23-16)12-6-7-13(22-5)14-11(12)8-10(9-19)15(20)21-14/h6-8H,1-5H3,(H2,20,21). The average molecular weight is 325 g/mol. The molecule has 124 valence electrons. The van der Waals surface area contributed by atoms with Crippen molar-refractivity contribution in [1.82, 2.24) is 4.98 Å². The summed E-state index contributed by atoms with van der Waals surface area (Å²) in [6.45, 7) is 7.98. The van der Waals surface area contributed by atoms with Crippen LogP contribution in [0.4, 0.5) is 5.82 Å². The van der Waals surface area contributed by atoms with Crippen molar-refractivity contribution in [3.05, 3.63) is 23.8 Å². The first kappa shape index (κ1) is 16.6. The van der Waals surface area contributed by atoms with Crippen LogP contribution in [0.5, 0.6) is 5.75 Å². The van der Waals surface area contributed by atoms with E-state index in [0.717, 1.165) is 10.8 Å². The molecule has 0 unspecified atom stereocenters. The van der Waals surface area contributed by atoms with Gasteiger partial charge < -0.3 is 19.8 Å². The Kier molecular flexibility index (Phi) is 3.70. The molecule has 1 aliphatic heterocycles. The zero-order valence-electron chi connectivity index (χ0n) is 14.5. The van der Waals surface area contributed by atoms with Crippen LogP contribution in [0.1, 0.15) is 33.3 Å². The summed E-state index contributed by atoms with van der Waals surface area (Å²) in [7, 11) is 1.01. The van der Waals surface area contributed by atoms with E-state index in [0.29, 0.717) is 16.8 Å². The molecule has 3 rings (SSSR count). The molecule has 0 spiro atoms. The number of hydrogen-bond acceptors (Lipinski definition) is 6. The Morgan fingerprint density at radius 1 is 1.21 bits per heavy atom. The van der Waals surface area contributed by atoms with E-state index in [1.165, 1.54) is 0 Å². The van der Waals surface area contributed by atoms with Gasteiger partial charge in [-0.3, -0.25) is 0 Å². The normalized spacial score (nSPS) is 18.6. The minimum atomic E-state index is -0.555. The molecule has 0 amide bonds. The summed E-state index contributed by atoms with van der Waals surface area (Å²) < 4.78 is 17.6. The molecule has 1 aromatic heterocycles. The second-order valence-electron chi connectivity index (χ2n) is 6.87. The number of hydrogen-bond donors (Lipinski definition) is 1. The van der Waals surface area contributed by atoms with Crippen molar-refractivity contribution >= 4 is 29.3 Å². The van der Waals surface area contributed by atoms with Gasteiger partial charge in [-0.2, -0.15) is 5.26 Å². The summed E-state index contributed by atoms with van der Waals surface area (Å²) in [4.78, 5) is 4.34. The molecule has 0 radical (unpaired) electrons. The van der Waals surface area contributed by atoms with Crippen molar-refractivity contribution in [2.45, 2.75) is 38.9 Å². The van der Waals surface area contributed by atoms with Gasteiger partial charge in [-0.25, -0.2) is 4.98 Å². The van der Waals surface area contributed by atoms with Crippen molar-refractivity contribution in [2.75, 3.05) is 12.8 Å². The number of nitrogen functional groups attached to an aromatic ring is 1. The van der Waals surface area contributed by atoms with Gasteiger partial charge in [0.1, 0.15) is 23.2 Å². The Labute approximate surface area is 141 Å². The summed E-state index contributed by atoms with van der Waals surface area (Å²) in [6.07, 6.45) is 0. The first-order valence-corrected chi connectivity index (χ1v) is 7.73. The number of rotatable bonds is 2. The van der Waals surface area contributed by atoms with Crippen molar-refractivity contribution in [1.29, 1.82) is 5.26 Å². The number of fused-ring (bicyclic) bond motifs is 1. The molecule has 2 heterocycles. The van der Waals surface area contributed by atoms with Gasteiger partial charge in [-0.1, -0.05) is 6.07 Å². The molecule has 2 N–H and O–H groups in total. The molecule has 24 heavy (non-hydrogen) atoms. The lowest BCUT2D eigenvalue weighted by molar-refractivity contribution is 0.00578. The van der Waals surface area contributed by atoms with Crippen LogP contribution in [0.2, 0.25) is 0 Å². The topological polar surface area (TPSA) is 90.4 Å². The zero-order chi connectivity index (χ0) is 17.7. The highest BCUT2D eigenvalue weighted by Gasteiger charge is 2.52. The molecular formula is C17H20BN3O3. The Morgan fingerprint density at radius 3 is 2.38 bits per heavy atom. The molecule has 6 nitrogen and oxygen atoms in total. The Morgan fingerprint density at radius 2 is 1.83 bits per heavy atom. The third-order valence-corrected chi connectivity index (χ3v) is 4.86. The minimum absolute atomic E-state index is 0.175. The fourth-order valence-corrected chi connectivity index (χ4v) is 2.70. The number of anilines is 1. The highest BCUT2D eigenvalue weighted by atomic mass is 16.7. The SMILES string of the molecule is COc1ccc(B2OC(C)(C)C(C)(C)O2)c2cc(C#N)c(N)nc12. The highest BCUT2D eigenvalue weighted by Crippen LogP contribution is 2.37. The number of nitrogens with two attached hydrogens (primary N) is 1. The fourth-order valence-electron chi connectivity index (χ4n) is 2.70. The quantitative estimate of drug-likeness (QED) is 0.849. The van der Waals surface area contributed by atoms with Crippen LogP contribution in [-0.4, -0.2) is 30.4 Å². The largest absolute Gasteiger partial charge is 0.495 e. The molecule has 0 bridgehead atoms. The fraction of sp³-hybridized carbons (Fsp3) is 0.412. The van der Waals surface area contributed by atoms with Crippen LogP contribution in [0, 0.1) is 11.3 Å². The molecule has 1 saturated heterocycles. The monoisotopic (exact) mass is 325 g/mol. The van der Waals surface area contributed by atoms with Gasteiger partial charge in [0.25, 0.3) is 0 Å². The molecule has 0 atom stereocenters. The van der Waals surface area contributed by atoms with E-state index in [-0.39, 0.29) is 5.82 Å². The minimum Gasteiger partial charge on any atom is -0.494 e. The maximum atomic E-state index is 9.26. The Balaban J connectivity index is 2.21. The van der Waals surface area contributed by atoms with E-state index in [1.54, 1.807) is 19.2 Å². The van der Waals surface area contributed by atoms with Crippen molar-refractivity contribution in [2.24, 2.45) is 0 Å². The number of nitrogens with zero attached hydrogens (tertiary/aromatic N) is 2. The van der Waals surface area contributed by atoms with Crippen LogP contribution in [0.15, 0.2) is 18.2 Å². The molecule has 1 aliphatic rings. The highest BCUT2D eigenvalue weighted by molar-refractivity contribution is 6.65. The molecule has 7 heteroatoms. The van der Waals surface area contributed by atoms with Gasteiger partial charge in [0.15, 0.2) is 0 Å². The molecule has 0 aliphatic carbocycles. The van der Waals surface area contributed by atoms with Crippen LogP contribution < -0.4 is 15.9 Å². The lowest BCUT2D eigenvalue weighted by Crippen LogP contribution is -2.41. The molecule has 1 aromatic carbocycles. The van der Waals surface area contributed by atoms with Crippen LogP contribution in [0.25, 0.3) is 10.9 Å². The lowest BCUT2D eigenvalue weighted by atomic mass is 9.76. The maximum Gasteiger partial charge on any atom is 0.495 e. The van der Waals surface area contributed by atoms with Crippen molar-refractivity contribution in [3.8, 4) is 11.8 Å². The summed E-state index contributed by atoms with van der Waals surface area (Å²) in [6, 6.07) is 7.46. The van der Waals surface area contributed by atoms with Crippen molar-refractivity contribution in [3.63, 3.8) is 0 Å². The van der Waals surface area contributed by atoms with Crippen LogP contribution in [-0.2, 0) is 9.31 Å². The predicted molar refractivity (Wildman–Crippen MR) is 93.1 cm³/mol. The van der Waals surface area contributed by atoms with E-state index in [1.807, 2.05) is 33.8 Å². The van der Waals surface area contributed by atoms with Crippen molar-refractivity contribution < 1.29 is 14.0 Å². The number of nitriles is 1. The summed E-state index contributed by atoms with van der Waals surface area (Å²) in [5.74, 6) is 0.760. The van der Waals surface area contributed by atoms with Gasteiger partial charge in [0.05, 0.1) is 23.9 Å². The second kappa shape index (κ2) is 5.37. The van der Waals surface area contributed by atoms with E-state index >= 15 is 0 Å². The van der Waals surface area contributed by atoms with Crippen LogP contribution >= 0.6 is 0 Å². The maximum absolute atomic E-state index is 9.26. The van der Waals surface area contributed by atoms with Gasteiger partial charge >= 0.3 is 7.12 Å². The van der Waals surface area contributed by atoms with Gasteiger partial charge in [0.2, 0.25) is 0 Å². The molecular weight excluding hydrogens is 305 g/mol. The first-order valence-electron chi connectivity index (χ1n) is 7.73. The van der Waals surface area contributed by atoms with Crippen LogP contribution in [0.3, 0.4) is 0 Å². The molecule has 1 fully saturated rings. The zero-order valence-corrected chi connectivity index (χ0v) is 14.5. The third kappa shape index (κ3) is 2.39. The molecule has 2 aromatic rings. The number of methoxy groups -OCH3 is 1. The Bertz CT molecular complexity index is 842.